The number of amides is 2. The highest BCUT2D eigenvalue weighted by Crippen LogP contribution is 2.32. The molecule has 8 nitrogen and oxygen atoms in total. The average molecular weight is 497 g/mol. The van der Waals surface area contributed by atoms with Crippen LogP contribution in [0.2, 0.25) is 0 Å². The van der Waals surface area contributed by atoms with Crippen molar-refractivity contribution in [1.82, 2.24) is 5.32 Å². The number of rotatable bonds is 9. The largest absolute Gasteiger partial charge is 0.489 e. The van der Waals surface area contributed by atoms with Crippen molar-refractivity contribution >= 4 is 18.0 Å². The number of nitrogens with one attached hydrogen (secondary N) is 1. The second-order valence-corrected chi connectivity index (χ2v) is 10.2. The molecule has 0 spiro atoms. The molecule has 0 heterocycles. The van der Waals surface area contributed by atoms with Crippen LogP contribution in [0.5, 0.6) is 5.75 Å². The molecule has 1 saturated carbocycles. The number of hydrogen-bond acceptors (Lipinski definition) is 6. The summed E-state index contributed by atoms with van der Waals surface area (Å²) in [5.41, 5.74) is 5.37. The van der Waals surface area contributed by atoms with Crippen molar-refractivity contribution < 1.29 is 28.6 Å². The van der Waals surface area contributed by atoms with Gasteiger partial charge >= 0.3 is 12.1 Å². The lowest BCUT2D eigenvalue weighted by Crippen LogP contribution is -2.53. The number of alkyl carbamates (subject to hydrolysis) is 1. The summed E-state index contributed by atoms with van der Waals surface area (Å²) in [5.74, 6) is -0.700. The van der Waals surface area contributed by atoms with Gasteiger partial charge in [0.2, 0.25) is 0 Å². The number of esters is 1. The summed E-state index contributed by atoms with van der Waals surface area (Å²) in [7, 11) is 0. The first-order valence-electron chi connectivity index (χ1n) is 12.3. The maximum absolute atomic E-state index is 13.2. The van der Waals surface area contributed by atoms with Gasteiger partial charge in [-0.3, -0.25) is 4.79 Å². The van der Waals surface area contributed by atoms with Crippen LogP contribution in [-0.4, -0.2) is 35.2 Å². The van der Waals surface area contributed by atoms with Crippen LogP contribution in [0.4, 0.5) is 4.79 Å². The van der Waals surface area contributed by atoms with Gasteiger partial charge in [0.1, 0.15) is 24.0 Å². The van der Waals surface area contributed by atoms with Crippen molar-refractivity contribution in [1.29, 1.82) is 0 Å². The third-order valence-electron chi connectivity index (χ3n) is 5.99. The Morgan fingerprint density at radius 2 is 1.58 bits per heavy atom. The van der Waals surface area contributed by atoms with E-state index in [0.29, 0.717) is 25.2 Å². The van der Waals surface area contributed by atoms with Gasteiger partial charge < -0.3 is 25.3 Å². The van der Waals surface area contributed by atoms with E-state index in [9.17, 15) is 14.4 Å². The average Bonchev–Trinajstić information content (AvgIpc) is 2.83. The van der Waals surface area contributed by atoms with Crippen LogP contribution in [0, 0.1) is 0 Å². The molecule has 1 fully saturated rings. The zero-order valence-electron chi connectivity index (χ0n) is 21.3. The molecular weight excluding hydrogens is 460 g/mol. The summed E-state index contributed by atoms with van der Waals surface area (Å²) in [6, 6.07) is 16.0. The Morgan fingerprint density at radius 3 is 2.17 bits per heavy atom. The maximum atomic E-state index is 13.2. The van der Waals surface area contributed by atoms with Crippen molar-refractivity contribution in [2.24, 2.45) is 5.73 Å². The predicted octanol–water partition coefficient (Wildman–Crippen LogP) is 4.43. The molecule has 8 heteroatoms. The van der Waals surface area contributed by atoms with Crippen LogP contribution < -0.4 is 15.8 Å². The van der Waals surface area contributed by atoms with E-state index in [1.807, 2.05) is 42.5 Å². The van der Waals surface area contributed by atoms with Crippen molar-refractivity contribution in [3.05, 3.63) is 65.7 Å². The summed E-state index contributed by atoms with van der Waals surface area (Å²) in [6.07, 6.45) is 2.58. The number of primary amides is 1. The predicted molar refractivity (Wildman–Crippen MR) is 135 cm³/mol. The number of carbonyl (C=O) groups excluding carboxylic acids is 3. The second kappa shape index (κ2) is 11.9. The zero-order valence-corrected chi connectivity index (χ0v) is 21.3. The van der Waals surface area contributed by atoms with Crippen molar-refractivity contribution in [2.45, 2.75) is 83.1 Å². The highest BCUT2D eigenvalue weighted by molar-refractivity contribution is 5.89. The smallest absolute Gasteiger partial charge is 0.408 e. The SMILES string of the molecule is CC(C)(C)OC(=O)N[C@@H](Cc1ccc(OCc2ccccc2)cc1)C(=O)OC1(C(N)=O)CCCCC1. The summed E-state index contributed by atoms with van der Waals surface area (Å²) < 4.78 is 16.9. The Labute approximate surface area is 212 Å². The molecule has 2 amide bonds. The van der Waals surface area contributed by atoms with Gasteiger partial charge in [-0.15, -0.1) is 0 Å². The minimum atomic E-state index is -1.35. The van der Waals surface area contributed by atoms with E-state index in [0.717, 1.165) is 30.4 Å². The molecule has 0 saturated heterocycles. The maximum Gasteiger partial charge on any atom is 0.408 e. The Hall–Kier alpha value is -3.55. The van der Waals surface area contributed by atoms with Gasteiger partial charge in [-0.2, -0.15) is 0 Å². The standard InChI is InChI=1S/C28H36N2O6/c1-27(2,3)36-26(33)30-23(24(31)35-28(25(29)32)16-8-5-9-17-28)18-20-12-14-22(15-13-20)34-19-21-10-6-4-7-11-21/h4,6-7,10-15,23H,5,8-9,16-19H2,1-3H3,(H2,29,32)(H,30,33)/t23-/m0/s1. The van der Waals surface area contributed by atoms with Gasteiger partial charge in [-0.25, -0.2) is 9.59 Å². The molecule has 1 atom stereocenters. The van der Waals surface area contributed by atoms with E-state index in [1.165, 1.54) is 0 Å². The molecule has 0 aromatic heterocycles. The fourth-order valence-electron chi connectivity index (χ4n) is 4.13. The highest BCUT2D eigenvalue weighted by atomic mass is 16.6. The normalized spacial score (nSPS) is 15.9. The Balaban J connectivity index is 1.71. The lowest BCUT2D eigenvalue weighted by atomic mass is 9.84. The third kappa shape index (κ3) is 8.00. The quantitative estimate of drug-likeness (QED) is 0.496. The topological polar surface area (TPSA) is 117 Å². The minimum Gasteiger partial charge on any atom is -0.489 e. The van der Waals surface area contributed by atoms with Crippen molar-refractivity contribution in [3.63, 3.8) is 0 Å². The lowest BCUT2D eigenvalue weighted by molar-refractivity contribution is -0.172. The molecular formula is C28H36N2O6. The van der Waals surface area contributed by atoms with Crippen LogP contribution in [0.15, 0.2) is 54.6 Å². The van der Waals surface area contributed by atoms with Crippen LogP contribution in [-0.2, 0) is 32.1 Å². The van der Waals surface area contributed by atoms with Crippen LogP contribution in [0.25, 0.3) is 0 Å². The lowest BCUT2D eigenvalue weighted by Gasteiger charge is -2.35. The summed E-state index contributed by atoms with van der Waals surface area (Å²) >= 11 is 0. The summed E-state index contributed by atoms with van der Waals surface area (Å²) in [6.45, 7) is 5.64. The first-order chi connectivity index (χ1) is 17.1. The zero-order chi connectivity index (χ0) is 26.2. The Bertz CT molecular complexity index is 1020. The van der Waals surface area contributed by atoms with Crippen LogP contribution in [0.3, 0.4) is 0 Å². The van der Waals surface area contributed by atoms with Crippen molar-refractivity contribution in [2.75, 3.05) is 0 Å². The Morgan fingerprint density at radius 1 is 0.944 bits per heavy atom. The minimum absolute atomic E-state index is 0.145. The molecule has 0 unspecified atom stereocenters. The van der Waals surface area contributed by atoms with Crippen LogP contribution in [0.1, 0.15) is 64.0 Å². The number of nitrogens with two attached hydrogens (primary N) is 1. The molecule has 1 aliphatic carbocycles. The molecule has 3 N–H and O–H groups in total. The fourth-order valence-corrected chi connectivity index (χ4v) is 4.13. The fraction of sp³-hybridized carbons (Fsp3) is 0.464. The second-order valence-electron chi connectivity index (χ2n) is 10.2. The number of hydrogen-bond donors (Lipinski definition) is 2. The monoisotopic (exact) mass is 496 g/mol. The first-order valence-corrected chi connectivity index (χ1v) is 12.3. The van der Waals surface area contributed by atoms with Gasteiger partial charge in [0, 0.05) is 6.42 Å². The highest BCUT2D eigenvalue weighted by Gasteiger charge is 2.43. The molecule has 0 bridgehead atoms. The van der Waals surface area contributed by atoms with E-state index in [2.05, 4.69) is 5.32 Å². The van der Waals surface area contributed by atoms with Gasteiger partial charge in [-0.1, -0.05) is 48.9 Å². The van der Waals surface area contributed by atoms with Gasteiger partial charge in [-0.05, 0) is 69.7 Å². The summed E-state index contributed by atoms with van der Waals surface area (Å²) in [4.78, 5) is 37.9. The van der Waals surface area contributed by atoms with Crippen LogP contribution >= 0.6 is 0 Å². The van der Waals surface area contributed by atoms with E-state index >= 15 is 0 Å². The van der Waals surface area contributed by atoms with E-state index < -0.39 is 35.2 Å². The van der Waals surface area contributed by atoms with Gasteiger partial charge in [0.05, 0.1) is 0 Å². The molecule has 3 rings (SSSR count). The molecule has 2 aromatic carbocycles. The van der Waals surface area contributed by atoms with E-state index in [4.69, 9.17) is 19.9 Å². The molecule has 36 heavy (non-hydrogen) atoms. The van der Waals surface area contributed by atoms with Gasteiger partial charge in [0.15, 0.2) is 5.60 Å². The molecule has 0 aliphatic heterocycles. The first kappa shape index (κ1) is 27.0. The number of ether oxygens (including phenoxy) is 3. The third-order valence-corrected chi connectivity index (χ3v) is 5.99. The molecule has 1 aliphatic rings. The van der Waals surface area contributed by atoms with Gasteiger partial charge in [0.25, 0.3) is 5.91 Å². The number of benzene rings is 2. The molecule has 194 valence electrons. The Kier molecular flexibility index (Phi) is 8.96. The summed E-state index contributed by atoms with van der Waals surface area (Å²) in [5, 5.41) is 2.61. The van der Waals surface area contributed by atoms with E-state index in [1.54, 1.807) is 32.9 Å². The molecule has 2 aromatic rings. The molecule has 0 radical (unpaired) electrons. The number of carbonyl (C=O) groups is 3. The van der Waals surface area contributed by atoms with E-state index in [-0.39, 0.29) is 6.42 Å². The van der Waals surface area contributed by atoms with Crippen molar-refractivity contribution in [3.8, 4) is 5.75 Å².